The van der Waals surface area contributed by atoms with Gasteiger partial charge in [0.25, 0.3) is 0 Å². The van der Waals surface area contributed by atoms with Crippen molar-refractivity contribution in [1.29, 1.82) is 0 Å². The van der Waals surface area contributed by atoms with Gasteiger partial charge in [0.05, 0.1) is 18.8 Å². The normalized spacial score (nSPS) is 19.9. The van der Waals surface area contributed by atoms with Gasteiger partial charge in [0, 0.05) is 57.4 Å². The summed E-state index contributed by atoms with van der Waals surface area (Å²) < 4.78 is 5.42. The minimum Gasteiger partial charge on any atom is -0.497 e. The van der Waals surface area contributed by atoms with E-state index in [-0.39, 0.29) is 18.0 Å². The standard InChI is InChI=1S/C36H36N4O2/c1-3-4-13-30-31(35(41)22-14-16-23(42-2)17-15-22)34-32-26(24-9-5-7-11-28(24)37-32)19-21-40(34)36-33-27(18-20-39(30)36)25-10-6-8-12-29(25)38-33/h5-12,14-17,34,36-38H,3-4,13,18-21H2,1-2H3/t34-,36-/m1/s1. The van der Waals surface area contributed by atoms with Crippen LogP contribution in [0.1, 0.15) is 71.3 Å². The smallest absolute Gasteiger partial charge is 0.192 e. The molecule has 5 heterocycles. The van der Waals surface area contributed by atoms with Crippen LogP contribution < -0.4 is 4.74 Å². The fourth-order valence-corrected chi connectivity index (χ4v) is 7.77. The molecule has 2 aromatic heterocycles. The third-order valence-corrected chi connectivity index (χ3v) is 9.68. The Kier molecular flexibility index (Phi) is 6.00. The Bertz CT molecular complexity index is 1860. The van der Waals surface area contributed by atoms with E-state index in [4.69, 9.17) is 4.74 Å². The average molecular weight is 557 g/mol. The summed E-state index contributed by atoms with van der Waals surface area (Å²) in [4.78, 5) is 27.6. The predicted octanol–water partition coefficient (Wildman–Crippen LogP) is 7.45. The van der Waals surface area contributed by atoms with Crippen LogP contribution in [-0.4, -0.2) is 45.8 Å². The molecule has 0 amide bonds. The third-order valence-electron chi connectivity index (χ3n) is 9.68. The average Bonchev–Trinajstić information content (AvgIpc) is 3.61. The molecule has 6 nitrogen and oxygen atoms in total. The van der Waals surface area contributed by atoms with Crippen LogP contribution in [0.4, 0.5) is 0 Å². The van der Waals surface area contributed by atoms with Crippen molar-refractivity contribution in [2.24, 2.45) is 0 Å². The molecule has 0 spiro atoms. The number of methoxy groups -OCH3 is 1. The maximum Gasteiger partial charge on any atom is 0.192 e. The lowest BCUT2D eigenvalue weighted by atomic mass is 9.81. The molecule has 2 N–H and O–H groups in total. The Balaban J connectivity index is 1.38. The summed E-state index contributed by atoms with van der Waals surface area (Å²) in [6, 6.07) is 24.8. The maximum atomic E-state index is 14.7. The number of ether oxygens (including phenoxy) is 1. The number of Topliss-reactive ketones (excluding diaryl/α,β-unsaturated/α-hetero) is 1. The predicted molar refractivity (Wildman–Crippen MR) is 167 cm³/mol. The maximum absolute atomic E-state index is 14.7. The molecular formula is C36H36N4O2. The number of aromatic nitrogens is 2. The number of benzene rings is 3. The van der Waals surface area contributed by atoms with Gasteiger partial charge >= 0.3 is 0 Å². The molecule has 42 heavy (non-hydrogen) atoms. The first-order valence-corrected chi connectivity index (χ1v) is 15.3. The van der Waals surface area contributed by atoms with E-state index in [2.05, 4.69) is 75.2 Å². The van der Waals surface area contributed by atoms with Gasteiger partial charge in [0.15, 0.2) is 5.78 Å². The quantitative estimate of drug-likeness (QED) is 0.213. The van der Waals surface area contributed by atoms with Crippen LogP contribution in [0.25, 0.3) is 21.8 Å². The number of rotatable bonds is 6. The fraction of sp³-hybridized carbons (Fsp3) is 0.306. The van der Waals surface area contributed by atoms with Crippen molar-refractivity contribution in [2.75, 3.05) is 20.2 Å². The third kappa shape index (κ3) is 3.71. The highest BCUT2D eigenvalue weighted by atomic mass is 16.5. The largest absolute Gasteiger partial charge is 0.497 e. The molecule has 0 fully saturated rings. The van der Waals surface area contributed by atoms with Gasteiger partial charge in [-0.15, -0.1) is 0 Å². The molecule has 3 aliphatic heterocycles. The second kappa shape index (κ2) is 9.92. The summed E-state index contributed by atoms with van der Waals surface area (Å²) in [6.07, 6.45) is 4.99. The minimum atomic E-state index is -0.152. The number of hydrogen-bond acceptors (Lipinski definition) is 4. The molecule has 3 aromatic carbocycles. The number of carbonyl (C=O) groups is 1. The number of allylic oxidation sites excluding steroid dienone is 1. The first-order chi connectivity index (χ1) is 20.7. The van der Waals surface area contributed by atoms with E-state index < -0.39 is 0 Å². The number of unbranched alkanes of at least 4 members (excludes halogenated alkanes) is 1. The molecule has 5 aromatic rings. The second-order valence-corrected chi connectivity index (χ2v) is 11.9. The Morgan fingerprint density at radius 1 is 0.857 bits per heavy atom. The van der Waals surface area contributed by atoms with Crippen LogP contribution in [-0.2, 0) is 12.8 Å². The summed E-state index contributed by atoms with van der Waals surface area (Å²) in [7, 11) is 1.66. The number of H-pyrrole nitrogens is 2. The molecular weight excluding hydrogens is 520 g/mol. The number of para-hydroxylation sites is 2. The number of ketones is 1. The minimum absolute atomic E-state index is 0.0602. The van der Waals surface area contributed by atoms with Crippen LogP contribution in [0.2, 0.25) is 0 Å². The molecule has 0 radical (unpaired) electrons. The van der Waals surface area contributed by atoms with Crippen molar-refractivity contribution >= 4 is 27.6 Å². The van der Waals surface area contributed by atoms with E-state index in [0.717, 1.165) is 62.0 Å². The lowest BCUT2D eigenvalue weighted by Crippen LogP contribution is -2.54. The van der Waals surface area contributed by atoms with Crippen molar-refractivity contribution in [3.8, 4) is 5.75 Å². The van der Waals surface area contributed by atoms with Gasteiger partial charge in [-0.25, -0.2) is 0 Å². The summed E-state index contributed by atoms with van der Waals surface area (Å²) in [5.41, 5.74) is 10.4. The van der Waals surface area contributed by atoms with Gasteiger partial charge in [-0.3, -0.25) is 9.69 Å². The van der Waals surface area contributed by atoms with Crippen LogP contribution in [0, 0.1) is 0 Å². The van der Waals surface area contributed by atoms with Crippen LogP contribution in [0.5, 0.6) is 5.75 Å². The van der Waals surface area contributed by atoms with Crippen LogP contribution in [0.15, 0.2) is 84.1 Å². The lowest BCUT2D eigenvalue weighted by molar-refractivity contribution is 0.000623. The molecule has 2 atom stereocenters. The monoisotopic (exact) mass is 556 g/mol. The van der Waals surface area contributed by atoms with Crippen LogP contribution >= 0.6 is 0 Å². The second-order valence-electron chi connectivity index (χ2n) is 11.9. The molecule has 8 rings (SSSR count). The fourth-order valence-electron chi connectivity index (χ4n) is 7.77. The van der Waals surface area contributed by atoms with Gasteiger partial charge in [-0.2, -0.15) is 0 Å². The SMILES string of the molecule is CCCCC1=C(C(=O)c2ccc(OC)cc2)[C@@H]2c3[nH]c4ccccc4c3CCN2[C@@H]2c3[nH]c4ccccc4c3CCN12. The first-order valence-electron chi connectivity index (χ1n) is 15.3. The summed E-state index contributed by atoms with van der Waals surface area (Å²) >= 11 is 0. The molecule has 0 bridgehead atoms. The van der Waals surface area contributed by atoms with E-state index >= 15 is 0 Å². The highest BCUT2D eigenvalue weighted by Crippen LogP contribution is 2.52. The van der Waals surface area contributed by atoms with Crippen molar-refractivity contribution in [1.82, 2.24) is 19.8 Å². The number of aromatic amines is 2. The van der Waals surface area contributed by atoms with E-state index in [1.165, 1.54) is 44.5 Å². The number of nitrogens with one attached hydrogen (secondary N) is 2. The molecule has 3 aliphatic rings. The summed E-state index contributed by atoms with van der Waals surface area (Å²) in [5, 5.41) is 2.60. The van der Waals surface area contributed by atoms with Crippen molar-refractivity contribution in [3.05, 3.63) is 112 Å². The Morgan fingerprint density at radius 3 is 2.19 bits per heavy atom. The molecule has 212 valence electrons. The van der Waals surface area contributed by atoms with Gasteiger partial charge < -0.3 is 19.6 Å². The molecule has 0 unspecified atom stereocenters. The van der Waals surface area contributed by atoms with Gasteiger partial charge in [-0.05, 0) is 73.2 Å². The van der Waals surface area contributed by atoms with Crippen molar-refractivity contribution in [3.63, 3.8) is 0 Å². The number of hydrogen-bond donors (Lipinski definition) is 2. The summed E-state index contributed by atoms with van der Waals surface area (Å²) in [6.45, 7) is 4.03. The first kappa shape index (κ1) is 25.4. The molecule has 0 saturated carbocycles. The molecule has 0 saturated heterocycles. The van der Waals surface area contributed by atoms with E-state index in [0.29, 0.717) is 5.56 Å². The van der Waals surface area contributed by atoms with E-state index in [1.807, 2.05) is 24.3 Å². The number of nitrogens with zero attached hydrogens (tertiary/aromatic N) is 2. The topological polar surface area (TPSA) is 64.4 Å². The van der Waals surface area contributed by atoms with E-state index in [9.17, 15) is 4.79 Å². The highest BCUT2D eigenvalue weighted by Gasteiger charge is 2.49. The number of fused-ring (bicyclic) bond motifs is 11. The van der Waals surface area contributed by atoms with E-state index in [1.54, 1.807) is 7.11 Å². The Morgan fingerprint density at radius 2 is 1.50 bits per heavy atom. The zero-order chi connectivity index (χ0) is 28.4. The van der Waals surface area contributed by atoms with Crippen molar-refractivity contribution < 1.29 is 9.53 Å². The molecule has 6 heteroatoms. The highest BCUT2D eigenvalue weighted by molar-refractivity contribution is 6.10. The lowest BCUT2D eigenvalue weighted by Gasteiger charge is -2.54. The summed E-state index contributed by atoms with van der Waals surface area (Å²) in [5.74, 6) is 0.876. The van der Waals surface area contributed by atoms with Crippen LogP contribution in [0.3, 0.4) is 0 Å². The van der Waals surface area contributed by atoms with Gasteiger partial charge in [0.1, 0.15) is 11.9 Å². The Hall–Kier alpha value is -4.29. The Labute approximate surface area is 246 Å². The number of carbonyl (C=O) groups excluding carboxylic acids is 1. The van der Waals surface area contributed by atoms with Crippen molar-refractivity contribution in [2.45, 2.75) is 51.2 Å². The zero-order valence-corrected chi connectivity index (χ0v) is 24.2. The van der Waals surface area contributed by atoms with Gasteiger partial charge in [-0.1, -0.05) is 49.7 Å². The van der Waals surface area contributed by atoms with Gasteiger partial charge in [0.2, 0.25) is 0 Å². The molecule has 0 aliphatic carbocycles. The zero-order valence-electron chi connectivity index (χ0n) is 24.2.